The first-order valence-corrected chi connectivity index (χ1v) is 10.4. The van der Waals surface area contributed by atoms with Crippen LogP contribution in [0.25, 0.3) is 6.08 Å². The average Bonchev–Trinajstić information content (AvgIpc) is 2.84. The van der Waals surface area contributed by atoms with Crippen molar-refractivity contribution in [2.45, 2.75) is 19.4 Å². The summed E-state index contributed by atoms with van der Waals surface area (Å²) in [5, 5.41) is 22.8. The van der Waals surface area contributed by atoms with E-state index in [2.05, 4.69) is 5.32 Å². The molecule has 34 heavy (non-hydrogen) atoms. The monoisotopic (exact) mass is 460 g/mol. The predicted octanol–water partition coefficient (Wildman–Crippen LogP) is 2.72. The van der Waals surface area contributed by atoms with E-state index in [1.165, 1.54) is 6.08 Å². The Morgan fingerprint density at radius 3 is 2.06 bits per heavy atom. The van der Waals surface area contributed by atoms with Crippen molar-refractivity contribution in [3.05, 3.63) is 123 Å². The molecule has 2 amide bonds. The number of aliphatic hydroxyl groups is 1. The number of amides is 2. The van der Waals surface area contributed by atoms with Crippen molar-refractivity contribution >= 4 is 17.9 Å². The van der Waals surface area contributed by atoms with Crippen molar-refractivity contribution in [1.82, 2.24) is 15.6 Å². The summed E-state index contributed by atoms with van der Waals surface area (Å²) in [7, 11) is 0. The van der Waals surface area contributed by atoms with Gasteiger partial charge in [-0.15, -0.1) is 0 Å². The first kappa shape index (κ1) is 24.3. The lowest BCUT2D eigenvalue weighted by Crippen LogP contribution is -2.47. The van der Waals surface area contributed by atoms with Gasteiger partial charge in [0.1, 0.15) is 0 Å². The van der Waals surface area contributed by atoms with E-state index in [9.17, 15) is 24.8 Å². The molecule has 0 aromatic heterocycles. The lowest BCUT2D eigenvalue weighted by molar-refractivity contribution is -0.529. The van der Waals surface area contributed by atoms with Crippen LogP contribution in [0.1, 0.15) is 27.0 Å². The van der Waals surface area contributed by atoms with Crippen LogP contribution in [-0.2, 0) is 17.9 Å². The molecule has 0 aliphatic heterocycles. The van der Waals surface area contributed by atoms with Crippen LogP contribution in [0.3, 0.4) is 0 Å². The number of nitrogens with zero attached hydrogens (tertiary/aromatic N) is 2. The minimum Gasteiger partial charge on any atom is -0.361 e. The van der Waals surface area contributed by atoms with Crippen LogP contribution >= 0.6 is 0 Å². The Hall–Kier alpha value is -4.34. The SMILES string of the molecule is O=C(/C=C/c1ccc(CN(Cc2ccccc2)C(O)NC(=O)c2ccccc2)cc1)N[N+](=O)[O-]. The van der Waals surface area contributed by atoms with E-state index in [1.807, 2.05) is 48.5 Å². The van der Waals surface area contributed by atoms with Crippen molar-refractivity contribution in [3.63, 3.8) is 0 Å². The van der Waals surface area contributed by atoms with Crippen molar-refractivity contribution in [3.8, 4) is 0 Å². The average molecular weight is 460 g/mol. The Kier molecular flexibility index (Phi) is 8.61. The number of benzene rings is 3. The zero-order valence-corrected chi connectivity index (χ0v) is 18.2. The van der Waals surface area contributed by atoms with Crippen LogP contribution in [0, 0.1) is 10.1 Å². The summed E-state index contributed by atoms with van der Waals surface area (Å²) >= 11 is 0. The predicted molar refractivity (Wildman–Crippen MR) is 126 cm³/mol. The fourth-order valence-electron chi connectivity index (χ4n) is 3.20. The van der Waals surface area contributed by atoms with Crippen LogP contribution in [0.2, 0.25) is 0 Å². The molecule has 1 atom stereocenters. The van der Waals surface area contributed by atoms with Crippen molar-refractivity contribution < 1.29 is 19.7 Å². The number of carbonyl (C=O) groups is 2. The van der Waals surface area contributed by atoms with Crippen molar-refractivity contribution in [2.24, 2.45) is 0 Å². The van der Waals surface area contributed by atoms with E-state index < -0.39 is 17.3 Å². The number of hydrogen-bond acceptors (Lipinski definition) is 6. The van der Waals surface area contributed by atoms with Gasteiger partial charge in [-0.3, -0.25) is 14.5 Å². The zero-order chi connectivity index (χ0) is 24.3. The molecule has 0 aliphatic carbocycles. The van der Waals surface area contributed by atoms with E-state index in [4.69, 9.17) is 0 Å². The second kappa shape index (κ2) is 12.0. The van der Waals surface area contributed by atoms with Crippen molar-refractivity contribution in [2.75, 3.05) is 0 Å². The van der Waals surface area contributed by atoms with Gasteiger partial charge in [0.2, 0.25) is 0 Å². The largest absolute Gasteiger partial charge is 0.361 e. The van der Waals surface area contributed by atoms with Crippen LogP contribution in [0.5, 0.6) is 0 Å². The van der Waals surface area contributed by atoms with E-state index in [0.29, 0.717) is 24.2 Å². The highest BCUT2D eigenvalue weighted by Gasteiger charge is 2.19. The molecule has 0 saturated carbocycles. The van der Waals surface area contributed by atoms with Crippen LogP contribution in [0.15, 0.2) is 91.0 Å². The molecule has 0 spiro atoms. The third kappa shape index (κ3) is 7.66. The minimum atomic E-state index is -1.24. The molecular formula is C25H24N4O5. The minimum absolute atomic E-state index is 0.330. The van der Waals surface area contributed by atoms with E-state index >= 15 is 0 Å². The molecule has 3 aromatic rings. The summed E-state index contributed by atoms with van der Waals surface area (Å²) in [4.78, 5) is 35.9. The fraction of sp³-hybridized carbons (Fsp3) is 0.120. The maximum atomic E-state index is 12.5. The normalized spacial score (nSPS) is 11.8. The first-order chi connectivity index (χ1) is 16.4. The molecule has 9 heteroatoms. The number of nitro groups is 1. The third-order valence-electron chi connectivity index (χ3n) is 4.86. The number of aliphatic hydroxyl groups excluding tert-OH is 1. The Morgan fingerprint density at radius 2 is 1.47 bits per heavy atom. The van der Waals surface area contributed by atoms with E-state index in [-0.39, 0.29) is 5.91 Å². The van der Waals surface area contributed by atoms with Crippen LogP contribution in [0.4, 0.5) is 0 Å². The summed E-state index contributed by atoms with van der Waals surface area (Å²) in [6.07, 6.45) is 1.29. The smallest absolute Gasteiger partial charge is 0.303 e. The number of hydrazine groups is 1. The molecule has 9 nitrogen and oxygen atoms in total. The highest BCUT2D eigenvalue weighted by Crippen LogP contribution is 2.14. The zero-order valence-electron chi connectivity index (χ0n) is 18.2. The lowest BCUT2D eigenvalue weighted by atomic mass is 10.1. The molecule has 0 aliphatic rings. The van der Waals surface area contributed by atoms with Gasteiger partial charge in [0.25, 0.3) is 5.91 Å². The van der Waals surface area contributed by atoms with Gasteiger partial charge in [-0.2, -0.15) is 0 Å². The number of rotatable bonds is 10. The Labute approximate surface area is 196 Å². The van der Waals surface area contributed by atoms with Crippen LogP contribution < -0.4 is 10.7 Å². The molecule has 174 valence electrons. The molecule has 1 unspecified atom stereocenters. The molecule has 3 N–H and O–H groups in total. The number of nitrogens with one attached hydrogen (secondary N) is 2. The van der Waals surface area contributed by atoms with E-state index in [0.717, 1.165) is 17.2 Å². The topological polar surface area (TPSA) is 125 Å². The Bertz CT molecular complexity index is 1130. The summed E-state index contributed by atoms with van der Waals surface area (Å²) < 4.78 is 0. The summed E-state index contributed by atoms with van der Waals surface area (Å²) in [5.74, 6) is -1.22. The van der Waals surface area contributed by atoms with Crippen molar-refractivity contribution in [1.29, 1.82) is 0 Å². The van der Waals surface area contributed by atoms with Gasteiger partial charge in [0.15, 0.2) is 11.4 Å². The molecule has 3 aromatic carbocycles. The summed E-state index contributed by atoms with van der Waals surface area (Å²) in [6.45, 7) is 0.719. The van der Waals surface area contributed by atoms with Gasteiger partial charge in [0, 0.05) is 24.7 Å². The van der Waals surface area contributed by atoms with Gasteiger partial charge < -0.3 is 10.4 Å². The molecule has 0 fully saturated rings. The number of carbonyl (C=O) groups excluding carboxylic acids is 2. The fourth-order valence-corrected chi connectivity index (χ4v) is 3.20. The molecule has 0 radical (unpaired) electrons. The highest BCUT2D eigenvalue weighted by atomic mass is 16.7. The molecule has 0 bridgehead atoms. The highest BCUT2D eigenvalue weighted by molar-refractivity contribution is 5.94. The van der Waals surface area contributed by atoms with Gasteiger partial charge >= 0.3 is 5.91 Å². The van der Waals surface area contributed by atoms with Gasteiger partial charge in [-0.05, 0) is 34.9 Å². The summed E-state index contributed by atoms with van der Waals surface area (Å²) in [5.41, 5.74) is 4.48. The number of hydrogen-bond donors (Lipinski definition) is 3. The third-order valence-corrected chi connectivity index (χ3v) is 4.86. The summed E-state index contributed by atoms with van der Waals surface area (Å²) in [6, 6.07) is 25.3. The maximum Gasteiger partial charge on any atom is 0.303 e. The molecule has 0 heterocycles. The van der Waals surface area contributed by atoms with E-state index in [1.54, 1.807) is 46.7 Å². The van der Waals surface area contributed by atoms with Gasteiger partial charge in [-0.1, -0.05) is 78.2 Å². The molecular weight excluding hydrogens is 436 g/mol. The second-order valence-electron chi connectivity index (χ2n) is 7.41. The quantitative estimate of drug-likeness (QED) is 0.185. The van der Waals surface area contributed by atoms with Gasteiger partial charge in [0.05, 0.1) is 0 Å². The first-order valence-electron chi connectivity index (χ1n) is 10.4. The maximum absolute atomic E-state index is 12.5. The van der Waals surface area contributed by atoms with Crippen LogP contribution in [-0.4, -0.2) is 33.2 Å². The van der Waals surface area contributed by atoms with Gasteiger partial charge in [-0.25, -0.2) is 10.1 Å². The Balaban J connectivity index is 1.70. The molecule has 0 saturated heterocycles. The molecule has 3 rings (SSSR count). The standard InChI is InChI=1S/C25H24N4O5/c30-23(27-29(33)34)16-15-19-11-13-21(14-12-19)18-28(17-20-7-3-1-4-8-20)25(32)26-24(31)22-9-5-2-6-10-22/h1-16,25,32H,17-18H2,(H,26,31)(H,27,30)/b16-15+. The Morgan fingerprint density at radius 1 is 0.912 bits per heavy atom. The lowest BCUT2D eigenvalue weighted by Gasteiger charge is -2.28. The second-order valence-corrected chi connectivity index (χ2v) is 7.41.